The third-order valence-corrected chi connectivity index (χ3v) is 3.49. The van der Waals surface area contributed by atoms with E-state index in [2.05, 4.69) is 28.5 Å². The van der Waals surface area contributed by atoms with Gasteiger partial charge in [0, 0.05) is 5.69 Å². The van der Waals surface area contributed by atoms with E-state index in [0.717, 1.165) is 28.4 Å². The third kappa shape index (κ3) is 2.97. The number of anilines is 1. The van der Waals surface area contributed by atoms with E-state index in [-0.39, 0.29) is 6.04 Å². The van der Waals surface area contributed by atoms with Crippen LogP contribution in [-0.4, -0.2) is 4.98 Å². The van der Waals surface area contributed by atoms with Crippen LogP contribution in [0.3, 0.4) is 0 Å². The lowest BCUT2D eigenvalue weighted by Gasteiger charge is -2.19. The van der Waals surface area contributed by atoms with E-state index in [4.69, 9.17) is 4.42 Å². The first kappa shape index (κ1) is 13.4. The smallest absolute Gasteiger partial charge is 0.130 e. The third-order valence-electron chi connectivity index (χ3n) is 3.49. The van der Waals surface area contributed by atoms with E-state index < -0.39 is 0 Å². The van der Waals surface area contributed by atoms with Gasteiger partial charge >= 0.3 is 0 Å². The van der Waals surface area contributed by atoms with Gasteiger partial charge in [0.25, 0.3) is 0 Å². The van der Waals surface area contributed by atoms with Gasteiger partial charge in [0.1, 0.15) is 11.8 Å². The van der Waals surface area contributed by atoms with Gasteiger partial charge < -0.3 is 9.73 Å². The summed E-state index contributed by atoms with van der Waals surface area (Å²) in [6.45, 7) is 4.01. The molecule has 2 heterocycles. The van der Waals surface area contributed by atoms with Crippen LogP contribution < -0.4 is 5.32 Å². The highest BCUT2D eigenvalue weighted by atomic mass is 16.3. The molecule has 0 aliphatic heterocycles. The van der Waals surface area contributed by atoms with Gasteiger partial charge in [0.15, 0.2) is 0 Å². The molecule has 0 fully saturated rings. The van der Waals surface area contributed by atoms with Gasteiger partial charge in [-0.3, -0.25) is 4.98 Å². The quantitative estimate of drug-likeness (QED) is 0.764. The van der Waals surface area contributed by atoms with Crippen LogP contribution in [0.4, 0.5) is 5.69 Å². The second-order valence-electron chi connectivity index (χ2n) is 5.09. The van der Waals surface area contributed by atoms with Crippen LogP contribution >= 0.6 is 0 Å². The number of nitrogens with zero attached hydrogens (tertiary/aromatic N) is 1. The topological polar surface area (TPSA) is 38.1 Å². The fourth-order valence-electron chi connectivity index (χ4n) is 2.41. The molecule has 21 heavy (non-hydrogen) atoms. The molecule has 3 nitrogen and oxygen atoms in total. The van der Waals surface area contributed by atoms with Gasteiger partial charge in [0.05, 0.1) is 17.6 Å². The first-order valence-corrected chi connectivity index (χ1v) is 7.03. The molecule has 0 aliphatic rings. The van der Waals surface area contributed by atoms with Crippen molar-refractivity contribution in [2.45, 2.75) is 19.9 Å². The van der Waals surface area contributed by atoms with Crippen LogP contribution in [0.15, 0.2) is 65.3 Å². The minimum atomic E-state index is -0.0237. The maximum Gasteiger partial charge on any atom is 0.130 e. The molecule has 3 aromatic rings. The van der Waals surface area contributed by atoms with Crippen molar-refractivity contribution in [1.82, 2.24) is 4.98 Å². The molecule has 3 rings (SSSR count). The molecule has 0 bridgehead atoms. The summed E-state index contributed by atoms with van der Waals surface area (Å²) in [5.41, 5.74) is 4.19. The number of nitrogens with one attached hydrogen (secondary N) is 1. The van der Waals surface area contributed by atoms with Gasteiger partial charge in [-0.1, -0.05) is 30.3 Å². The average molecular weight is 278 g/mol. The SMILES string of the molecule is Cc1ccc(NC(c2ccccc2)c2ccco2)c(C)n1. The molecule has 0 spiro atoms. The van der Waals surface area contributed by atoms with Gasteiger partial charge in [-0.15, -0.1) is 0 Å². The van der Waals surface area contributed by atoms with Crippen molar-refractivity contribution in [1.29, 1.82) is 0 Å². The Balaban J connectivity index is 1.97. The van der Waals surface area contributed by atoms with Crippen molar-refractivity contribution in [2.24, 2.45) is 0 Å². The fraction of sp³-hybridized carbons (Fsp3) is 0.167. The Hall–Kier alpha value is -2.55. The predicted molar refractivity (Wildman–Crippen MR) is 84.3 cm³/mol. The Kier molecular flexibility index (Phi) is 3.73. The molecule has 3 heteroatoms. The summed E-state index contributed by atoms with van der Waals surface area (Å²) in [6, 6.07) is 18.2. The molecule has 106 valence electrons. The fourth-order valence-corrected chi connectivity index (χ4v) is 2.41. The van der Waals surface area contributed by atoms with Crippen molar-refractivity contribution in [3.05, 3.63) is 83.6 Å². The van der Waals surface area contributed by atoms with E-state index >= 15 is 0 Å². The van der Waals surface area contributed by atoms with E-state index in [9.17, 15) is 0 Å². The molecule has 0 radical (unpaired) electrons. The van der Waals surface area contributed by atoms with Crippen molar-refractivity contribution < 1.29 is 4.42 Å². The number of hydrogen-bond acceptors (Lipinski definition) is 3. The first-order valence-electron chi connectivity index (χ1n) is 7.03. The molecule has 0 saturated carbocycles. The van der Waals surface area contributed by atoms with Crippen LogP contribution in [0.5, 0.6) is 0 Å². The van der Waals surface area contributed by atoms with Crippen molar-refractivity contribution in [3.8, 4) is 0 Å². The monoisotopic (exact) mass is 278 g/mol. The van der Waals surface area contributed by atoms with Crippen molar-refractivity contribution in [3.63, 3.8) is 0 Å². The lowest BCUT2D eigenvalue weighted by molar-refractivity contribution is 0.499. The standard InChI is InChI=1S/C18H18N2O/c1-13-10-11-16(14(2)19-13)20-18(17-9-6-12-21-17)15-7-4-3-5-8-15/h3-12,18,20H,1-2H3. The van der Waals surface area contributed by atoms with Crippen LogP contribution in [0.1, 0.15) is 28.8 Å². The summed E-state index contributed by atoms with van der Waals surface area (Å²) >= 11 is 0. The maximum atomic E-state index is 5.60. The molecular weight excluding hydrogens is 260 g/mol. The molecule has 2 aromatic heterocycles. The molecule has 0 amide bonds. The highest BCUT2D eigenvalue weighted by Crippen LogP contribution is 2.28. The van der Waals surface area contributed by atoms with E-state index in [1.54, 1.807) is 6.26 Å². The number of aryl methyl sites for hydroxylation is 2. The lowest BCUT2D eigenvalue weighted by atomic mass is 10.0. The summed E-state index contributed by atoms with van der Waals surface area (Å²) in [5.74, 6) is 0.890. The molecule has 0 saturated heterocycles. The largest absolute Gasteiger partial charge is 0.467 e. The number of rotatable bonds is 4. The minimum Gasteiger partial charge on any atom is -0.467 e. The Morgan fingerprint density at radius 2 is 1.76 bits per heavy atom. The summed E-state index contributed by atoms with van der Waals surface area (Å²) in [5, 5.41) is 3.54. The van der Waals surface area contributed by atoms with Crippen molar-refractivity contribution >= 4 is 5.69 Å². The number of aromatic nitrogens is 1. The summed E-state index contributed by atoms with van der Waals surface area (Å²) in [4.78, 5) is 4.51. The Morgan fingerprint density at radius 1 is 0.952 bits per heavy atom. The number of furan rings is 1. The Bertz CT molecular complexity index is 705. The maximum absolute atomic E-state index is 5.60. The van der Waals surface area contributed by atoms with E-state index in [1.165, 1.54) is 0 Å². The lowest BCUT2D eigenvalue weighted by Crippen LogP contribution is -2.13. The van der Waals surface area contributed by atoms with Crippen LogP contribution in [-0.2, 0) is 0 Å². The molecule has 1 atom stereocenters. The second-order valence-corrected chi connectivity index (χ2v) is 5.09. The highest BCUT2D eigenvalue weighted by molar-refractivity contribution is 5.51. The van der Waals surface area contributed by atoms with Crippen LogP contribution in [0.25, 0.3) is 0 Å². The van der Waals surface area contributed by atoms with Gasteiger partial charge in [-0.25, -0.2) is 0 Å². The van der Waals surface area contributed by atoms with Gasteiger partial charge in [-0.2, -0.15) is 0 Å². The molecule has 1 unspecified atom stereocenters. The number of hydrogen-bond donors (Lipinski definition) is 1. The normalized spacial score (nSPS) is 12.1. The number of benzene rings is 1. The average Bonchev–Trinajstić information content (AvgIpc) is 3.01. The summed E-state index contributed by atoms with van der Waals surface area (Å²) in [6.07, 6.45) is 1.70. The van der Waals surface area contributed by atoms with Gasteiger partial charge in [-0.05, 0) is 43.7 Å². The van der Waals surface area contributed by atoms with Crippen LogP contribution in [0.2, 0.25) is 0 Å². The summed E-state index contributed by atoms with van der Waals surface area (Å²) in [7, 11) is 0. The predicted octanol–water partition coefficient (Wildman–Crippen LogP) is 4.49. The number of pyridine rings is 1. The highest BCUT2D eigenvalue weighted by Gasteiger charge is 2.17. The molecular formula is C18H18N2O. The first-order chi connectivity index (χ1) is 10.2. The Morgan fingerprint density at radius 3 is 2.43 bits per heavy atom. The van der Waals surface area contributed by atoms with E-state index in [0.29, 0.717) is 0 Å². The zero-order valence-corrected chi connectivity index (χ0v) is 12.2. The summed E-state index contributed by atoms with van der Waals surface area (Å²) < 4.78 is 5.60. The van der Waals surface area contributed by atoms with Crippen LogP contribution in [0, 0.1) is 13.8 Å². The van der Waals surface area contributed by atoms with Crippen molar-refractivity contribution in [2.75, 3.05) is 5.32 Å². The second kappa shape index (κ2) is 5.83. The molecule has 0 aliphatic carbocycles. The van der Waals surface area contributed by atoms with Gasteiger partial charge in [0.2, 0.25) is 0 Å². The zero-order chi connectivity index (χ0) is 14.7. The zero-order valence-electron chi connectivity index (χ0n) is 12.2. The molecule has 1 N–H and O–H groups in total. The Labute approximate surface area is 124 Å². The minimum absolute atomic E-state index is 0.0237. The molecule has 1 aromatic carbocycles. The van der Waals surface area contributed by atoms with E-state index in [1.807, 2.05) is 50.2 Å².